The summed E-state index contributed by atoms with van der Waals surface area (Å²) >= 11 is 0. The van der Waals surface area contributed by atoms with E-state index in [-0.39, 0.29) is 25.0 Å². The Bertz CT molecular complexity index is 1170. The summed E-state index contributed by atoms with van der Waals surface area (Å²) in [6.45, 7) is 5.36. The molecule has 170 valence electrons. The van der Waals surface area contributed by atoms with E-state index in [0.717, 1.165) is 16.7 Å². The number of rotatable bonds is 8. The summed E-state index contributed by atoms with van der Waals surface area (Å²) in [7, 11) is 0. The minimum atomic E-state index is -0.460. The van der Waals surface area contributed by atoms with E-state index in [0.29, 0.717) is 22.7 Å². The lowest BCUT2D eigenvalue weighted by Crippen LogP contribution is -2.25. The van der Waals surface area contributed by atoms with Crippen molar-refractivity contribution in [3.63, 3.8) is 0 Å². The molecule has 0 spiro atoms. The Kier molecular flexibility index (Phi) is 7.81. The van der Waals surface area contributed by atoms with E-state index >= 15 is 0 Å². The van der Waals surface area contributed by atoms with Gasteiger partial charge in [0.15, 0.2) is 6.61 Å². The number of ether oxygens (including phenoxy) is 2. The number of para-hydroxylation sites is 1. The van der Waals surface area contributed by atoms with Crippen LogP contribution in [-0.4, -0.2) is 24.4 Å². The van der Waals surface area contributed by atoms with Gasteiger partial charge in [0.05, 0.1) is 0 Å². The van der Waals surface area contributed by atoms with Crippen molar-refractivity contribution >= 4 is 23.5 Å². The van der Waals surface area contributed by atoms with Crippen LogP contribution >= 0.6 is 0 Å². The fraction of sp³-hybridized carbons (Fsp3) is 0.192. The van der Waals surface area contributed by atoms with Crippen LogP contribution in [0, 0.1) is 13.8 Å². The molecule has 0 heterocycles. The van der Waals surface area contributed by atoms with E-state index in [1.54, 1.807) is 30.3 Å². The van der Waals surface area contributed by atoms with Gasteiger partial charge in [-0.05, 0) is 66.9 Å². The van der Waals surface area contributed by atoms with Gasteiger partial charge in [-0.3, -0.25) is 14.4 Å². The van der Waals surface area contributed by atoms with Crippen LogP contribution in [0.3, 0.4) is 0 Å². The highest BCUT2D eigenvalue weighted by Gasteiger charge is 2.11. The van der Waals surface area contributed by atoms with Gasteiger partial charge in [0.2, 0.25) is 0 Å². The Morgan fingerprint density at radius 3 is 2.39 bits per heavy atom. The van der Waals surface area contributed by atoms with E-state index in [9.17, 15) is 14.4 Å². The molecule has 0 atom stereocenters. The van der Waals surface area contributed by atoms with Crippen molar-refractivity contribution in [2.45, 2.75) is 27.3 Å². The highest BCUT2D eigenvalue weighted by Crippen LogP contribution is 2.18. The van der Waals surface area contributed by atoms with Gasteiger partial charge >= 0.3 is 5.97 Å². The normalized spacial score (nSPS) is 10.3. The van der Waals surface area contributed by atoms with E-state index < -0.39 is 5.97 Å². The predicted octanol–water partition coefficient (Wildman–Crippen LogP) is 4.18. The highest BCUT2D eigenvalue weighted by molar-refractivity contribution is 5.95. The van der Waals surface area contributed by atoms with Crippen LogP contribution in [0.5, 0.6) is 11.5 Å². The van der Waals surface area contributed by atoms with E-state index in [2.05, 4.69) is 10.6 Å². The Morgan fingerprint density at radius 2 is 1.64 bits per heavy atom. The molecule has 0 aliphatic heterocycles. The molecule has 33 heavy (non-hydrogen) atoms. The summed E-state index contributed by atoms with van der Waals surface area (Å²) < 4.78 is 10.6. The number of aryl methyl sites for hydroxylation is 2. The van der Waals surface area contributed by atoms with Crippen LogP contribution < -0.4 is 20.1 Å². The van der Waals surface area contributed by atoms with Gasteiger partial charge in [-0.25, -0.2) is 0 Å². The summed E-state index contributed by atoms with van der Waals surface area (Å²) in [5.41, 5.74) is 3.92. The molecule has 0 bridgehead atoms. The zero-order valence-electron chi connectivity index (χ0n) is 18.8. The standard InChI is InChI=1S/C26H26N2O5/c1-17-11-12-22(13-18(17)2)32-16-25(30)28-24-10-5-4-7-21(24)15-27-26(31)20-8-6-9-23(14-20)33-19(3)29/h4-14H,15-16H2,1-3H3,(H,27,31)(H,28,30). The number of benzene rings is 3. The van der Waals surface area contributed by atoms with Crippen molar-refractivity contribution in [2.75, 3.05) is 11.9 Å². The summed E-state index contributed by atoms with van der Waals surface area (Å²) in [6, 6.07) is 19.2. The molecule has 7 nitrogen and oxygen atoms in total. The van der Waals surface area contributed by atoms with Crippen molar-refractivity contribution in [1.29, 1.82) is 0 Å². The van der Waals surface area contributed by atoms with Gasteiger partial charge in [-0.15, -0.1) is 0 Å². The molecule has 3 aromatic carbocycles. The summed E-state index contributed by atoms with van der Waals surface area (Å²) in [6.07, 6.45) is 0. The molecule has 0 radical (unpaired) electrons. The van der Waals surface area contributed by atoms with Gasteiger partial charge in [0.1, 0.15) is 11.5 Å². The number of hydrogen-bond acceptors (Lipinski definition) is 5. The lowest BCUT2D eigenvalue weighted by Gasteiger charge is -2.13. The fourth-order valence-electron chi connectivity index (χ4n) is 3.08. The van der Waals surface area contributed by atoms with Gasteiger partial charge < -0.3 is 20.1 Å². The number of amides is 2. The Morgan fingerprint density at radius 1 is 0.848 bits per heavy atom. The zero-order chi connectivity index (χ0) is 23.8. The Balaban J connectivity index is 1.58. The molecule has 3 rings (SSSR count). The van der Waals surface area contributed by atoms with Crippen LogP contribution in [0.4, 0.5) is 5.69 Å². The summed E-state index contributed by atoms with van der Waals surface area (Å²) in [5, 5.41) is 5.65. The maximum Gasteiger partial charge on any atom is 0.308 e. The third kappa shape index (κ3) is 6.93. The largest absolute Gasteiger partial charge is 0.484 e. The quantitative estimate of drug-likeness (QED) is 0.400. The second-order valence-electron chi connectivity index (χ2n) is 7.54. The molecule has 0 saturated heterocycles. The Hall–Kier alpha value is -4.13. The number of anilines is 1. The first kappa shape index (κ1) is 23.5. The molecular formula is C26H26N2O5. The van der Waals surface area contributed by atoms with Crippen LogP contribution in [0.1, 0.15) is 34.0 Å². The van der Waals surface area contributed by atoms with Gasteiger partial charge in [0, 0.05) is 24.7 Å². The molecule has 7 heteroatoms. The second kappa shape index (κ2) is 10.9. The van der Waals surface area contributed by atoms with Crippen molar-refractivity contribution in [3.05, 3.63) is 89.0 Å². The predicted molar refractivity (Wildman–Crippen MR) is 125 cm³/mol. The number of carbonyl (C=O) groups is 3. The van der Waals surface area contributed by atoms with Crippen molar-refractivity contribution < 1.29 is 23.9 Å². The molecule has 3 aromatic rings. The van der Waals surface area contributed by atoms with Crippen molar-refractivity contribution in [1.82, 2.24) is 5.32 Å². The average Bonchev–Trinajstić information content (AvgIpc) is 2.79. The van der Waals surface area contributed by atoms with Crippen LogP contribution in [-0.2, 0) is 16.1 Å². The Labute approximate surface area is 192 Å². The molecule has 0 unspecified atom stereocenters. The number of hydrogen-bond donors (Lipinski definition) is 2. The monoisotopic (exact) mass is 446 g/mol. The molecular weight excluding hydrogens is 420 g/mol. The maximum absolute atomic E-state index is 12.5. The average molecular weight is 447 g/mol. The zero-order valence-corrected chi connectivity index (χ0v) is 18.8. The molecule has 2 N–H and O–H groups in total. The molecule has 0 fully saturated rings. The van der Waals surface area contributed by atoms with Gasteiger partial charge in [-0.2, -0.15) is 0 Å². The van der Waals surface area contributed by atoms with Gasteiger partial charge in [0.25, 0.3) is 11.8 Å². The number of nitrogens with one attached hydrogen (secondary N) is 2. The van der Waals surface area contributed by atoms with Gasteiger partial charge in [-0.1, -0.05) is 30.3 Å². The lowest BCUT2D eigenvalue weighted by atomic mass is 10.1. The van der Waals surface area contributed by atoms with Crippen LogP contribution in [0.25, 0.3) is 0 Å². The third-order valence-electron chi connectivity index (χ3n) is 4.94. The lowest BCUT2D eigenvalue weighted by molar-refractivity contribution is -0.131. The van der Waals surface area contributed by atoms with E-state index in [4.69, 9.17) is 9.47 Å². The topological polar surface area (TPSA) is 93.7 Å². The van der Waals surface area contributed by atoms with Crippen LogP contribution in [0.2, 0.25) is 0 Å². The minimum Gasteiger partial charge on any atom is -0.484 e. The molecule has 0 aliphatic rings. The molecule has 0 saturated carbocycles. The first-order chi connectivity index (χ1) is 15.8. The van der Waals surface area contributed by atoms with Crippen molar-refractivity contribution in [2.24, 2.45) is 0 Å². The van der Waals surface area contributed by atoms with Crippen LogP contribution in [0.15, 0.2) is 66.7 Å². The van der Waals surface area contributed by atoms with E-state index in [1.807, 2.05) is 44.2 Å². The molecule has 0 aliphatic carbocycles. The first-order valence-corrected chi connectivity index (χ1v) is 10.5. The smallest absolute Gasteiger partial charge is 0.308 e. The number of carbonyl (C=O) groups excluding carboxylic acids is 3. The SMILES string of the molecule is CC(=O)Oc1cccc(C(=O)NCc2ccccc2NC(=O)COc2ccc(C)c(C)c2)c1. The maximum atomic E-state index is 12.5. The molecule has 0 aromatic heterocycles. The highest BCUT2D eigenvalue weighted by atomic mass is 16.5. The van der Waals surface area contributed by atoms with E-state index in [1.165, 1.54) is 13.0 Å². The fourth-order valence-corrected chi connectivity index (χ4v) is 3.08. The molecule has 2 amide bonds. The summed E-state index contributed by atoms with van der Waals surface area (Å²) in [5.74, 6) is -0.167. The third-order valence-corrected chi connectivity index (χ3v) is 4.94. The second-order valence-corrected chi connectivity index (χ2v) is 7.54. The first-order valence-electron chi connectivity index (χ1n) is 10.5. The number of esters is 1. The summed E-state index contributed by atoms with van der Waals surface area (Å²) in [4.78, 5) is 36.1. The van der Waals surface area contributed by atoms with Crippen molar-refractivity contribution in [3.8, 4) is 11.5 Å². The minimum absolute atomic E-state index is 0.133.